The Morgan fingerprint density at radius 2 is 2.05 bits per heavy atom. The average Bonchev–Trinajstić information content (AvgIpc) is 2.40. The van der Waals surface area contributed by atoms with Crippen LogP contribution in [0.15, 0.2) is 12.1 Å². The van der Waals surface area contributed by atoms with Gasteiger partial charge >= 0.3 is 0 Å². The number of piperidine rings is 1. The molecule has 1 aromatic rings. The van der Waals surface area contributed by atoms with Gasteiger partial charge in [-0.15, -0.1) is 0 Å². The molecule has 1 aliphatic heterocycles. The zero-order chi connectivity index (χ0) is 13.8. The van der Waals surface area contributed by atoms with Crippen molar-refractivity contribution in [1.82, 2.24) is 5.32 Å². The number of ether oxygens (including phenoxy) is 2. The molecule has 1 unspecified atom stereocenters. The molecule has 19 heavy (non-hydrogen) atoms. The fourth-order valence-corrected chi connectivity index (χ4v) is 2.44. The summed E-state index contributed by atoms with van der Waals surface area (Å²) in [5.41, 5.74) is 0.677. The first-order chi connectivity index (χ1) is 9.11. The Balaban J connectivity index is 2.31. The lowest BCUT2D eigenvalue weighted by Gasteiger charge is -2.25. The van der Waals surface area contributed by atoms with Gasteiger partial charge in [0.25, 0.3) is 0 Å². The largest absolute Gasteiger partial charge is 0.493 e. The maximum atomic E-state index is 14.2. The summed E-state index contributed by atoms with van der Waals surface area (Å²) >= 11 is 0. The minimum absolute atomic E-state index is 0.0338. The lowest BCUT2D eigenvalue weighted by molar-refractivity contribution is 0.228. The predicted molar refractivity (Wildman–Crippen MR) is 73.3 cm³/mol. The Kier molecular flexibility index (Phi) is 4.64. The van der Waals surface area contributed by atoms with Gasteiger partial charge in [0.2, 0.25) is 0 Å². The van der Waals surface area contributed by atoms with Crippen molar-refractivity contribution >= 4 is 0 Å². The number of hydrogen-bond donors (Lipinski definition) is 1. The number of nitrogens with one attached hydrogen (secondary N) is 1. The normalized spacial score (nSPS) is 19.5. The van der Waals surface area contributed by atoms with Crippen molar-refractivity contribution in [3.63, 3.8) is 0 Å². The molecule has 1 aromatic carbocycles. The summed E-state index contributed by atoms with van der Waals surface area (Å²) in [6, 6.07) is 3.27. The number of hydrogen-bond acceptors (Lipinski definition) is 3. The van der Waals surface area contributed by atoms with Crippen LogP contribution in [-0.4, -0.2) is 19.8 Å². The molecular formula is C15H22FNO2. The third kappa shape index (κ3) is 3.38. The molecule has 1 atom stereocenters. The van der Waals surface area contributed by atoms with Crippen LogP contribution in [-0.2, 0) is 0 Å². The standard InChI is InChI=1S/C15H22FNO2/c1-10(2)19-15-8-11(12(16)9-14(15)18-3)13-6-4-5-7-17-13/h8-10,13,17H,4-7H2,1-3H3. The molecule has 0 amide bonds. The van der Waals surface area contributed by atoms with Crippen molar-refractivity contribution in [3.8, 4) is 11.5 Å². The third-order valence-corrected chi connectivity index (χ3v) is 3.33. The molecule has 1 heterocycles. The van der Waals surface area contributed by atoms with E-state index in [1.807, 2.05) is 13.8 Å². The molecule has 4 heteroatoms. The summed E-state index contributed by atoms with van der Waals surface area (Å²) in [5, 5.41) is 3.36. The minimum Gasteiger partial charge on any atom is -0.493 e. The first kappa shape index (κ1) is 14.1. The van der Waals surface area contributed by atoms with E-state index in [-0.39, 0.29) is 18.0 Å². The second-order valence-electron chi connectivity index (χ2n) is 5.19. The minimum atomic E-state index is -0.229. The molecule has 0 spiro atoms. The van der Waals surface area contributed by atoms with Crippen molar-refractivity contribution in [3.05, 3.63) is 23.5 Å². The summed E-state index contributed by atoms with van der Waals surface area (Å²) in [6.07, 6.45) is 3.28. The van der Waals surface area contributed by atoms with Gasteiger partial charge in [0.15, 0.2) is 11.5 Å². The van der Waals surface area contributed by atoms with Crippen LogP contribution in [0.2, 0.25) is 0 Å². The summed E-state index contributed by atoms with van der Waals surface area (Å²) < 4.78 is 25.1. The van der Waals surface area contributed by atoms with Crippen LogP contribution in [0.5, 0.6) is 11.5 Å². The highest BCUT2D eigenvalue weighted by Crippen LogP contribution is 2.35. The monoisotopic (exact) mass is 267 g/mol. The zero-order valence-electron chi connectivity index (χ0n) is 11.8. The van der Waals surface area contributed by atoms with E-state index in [2.05, 4.69) is 5.32 Å². The molecular weight excluding hydrogens is 245 g/mol. The van der Waals surface area contributed by atoms with Crippen LogP contribution >= 0.6 is 0 Å². The first-order valence-electron chi connectivity index (χ1n) is 6.89. The van der Waals surface area contributed by atoms with Crippen LogP contribution in [0.3, 0.4) is 0 Å². The molecule has 106 valence electrons. The van der Waals surface area contributed by atoms with Crippen LogP contribution < -0.4 is 14.8 Å². The molecule has 0 saturated carbocycles. The Hall–Kier alpha value is -1.29. The lowest BCUT2D eigenvalue weighted by atomic mass is 9.96. The van der Waals surface area contributed by atoms with E-state index < -0.39 is 0 Å². The Labute approximate surface area is 114 Å². The van der Waals surface area contributed by atoms with E-state index in [1.165, 1.54) is 13.2 Å². The van der Waals surface area contributed by atoms with Crippen LogP contribution in [0, 0.1) is 5.82 Å². The fourth-order valence-electron chi connectivity index (χ4n) is 2.44. The fraction of sp³-hybridized carbons (Fsp3) is 0.600. The number of rotatable bonds is 4. The van der Waals surface area contributed by atoms with Crippen LogP contribution in [0.1, 0.15) is 44.7 Å². The molecule has 0 radical (unpaired) electrons. The van der Waals surface area contributed by atoms with Crippen LogP contribution in [0.4, 0.5) is 4.39 Å². The van der Waals surface area contributed by atoms with E-state index in [1.54, 1.807) is 6.07 Å². The molecule has 0 aromatic heterocycles. The zero-order valence-corrected chi connectivity index (χ0v) is 11.8. The maximum absolute atomic E-state index is 14.2. The highest BCUT2D eigenvalue weighted by molar-refractivity contribution is 5.45. The molecule has 0 bridgehead atoms. The number of halogens is 1. The van der Waals surface area contributed by atoms with Gasteiger partial charge in [-0.05, 0) is 39.3 Å². The van der Waals surface area contributed by atoms with Gasteiger partial charge in [-0.25, -0.2) is 4.39 Å². The topological polar surface area (TPSA) is 30.5 Å². The van der Waals surface area contributed by atoms with Gasteiger partial charge in [0.1, 0.15) is 5.82 Å². The third-order valence-electron chi connectivity index (χ3n) is 3.33. The van der Waals surface area contributed by atoms with Crippen molar-refractivity contribution in [2.24, 2.45) is 0 Å². The van der Waals surface area contributed by atoms with E-state index in [4.69, 9.17) is 9.47 Å². The van der Waals surface area contributed by atoms with Gasteiger partial charge in [-0.3, -0.25) is 0 Å². The molecule has 2 rings (SSSR count). The molecule has 0 aliphatic carbocycles. The second-order valence-corrected chi connectivity index (χ2v) is 5.19. The summed E-state index contributed by atoms with van der Waals surface area (Å²) in [4.78, 5) is 0. The van der Waals surface area contributed by atoms with E-state index in [0.29, 0.717) is 17.1 Å². The summed E-state index contributed by atoms with van der Waals surface area (Å²) in [6.45, 7) is 4.83. The van der Waals surface area contributed by atoms with Crippen molar-refractivity contribution in [2.45, 2.75) is 45.3 Å². The van der Waals surface area contributed by atoms with Gasteiger partial charge in [0, 0.05) is 17.7 Å². The summed E-state index contributed by atoms with van der Waals surface area (Å²) in [7, 11) is 1.53. The van der Waals surface area contributed by atoms with E-state index in [0.717, 1.165) is 25.8 Å². The van der Waals surface area contributed by atoms with Gasteiger partial charge in [-0.1, -0.05) is 6.42 Å². The predicted octanol–water partition coefficient (Wildman–Crippen LogP) is 3.44. The molecule has 3 nitrogen and oxygen atoms in total. The Morgan fingerprint density at radius 1 is 1.26 bits per heavy atom. The number of methoxy groups -OCH3 is 1. The highest BCUT2D eigenvalue weighted by Gasteiger charge is 2.21. The smallest absolute Gasteiger partial charge is 0.163 e. The quantitative estimate of drug-likeness (QED) is 0.906. The van der Waals surface area contributed by atoms with Gasteiger partial charge in [0.05, 0.1) is 13.2 Å². The molecule has 1 fully saturated rings. The summed E-state index contributed by atoms with van der Waals surface area (Å²) in [5.74, 6) is 0.833. The van der Waals surface area contributed by atoms with E-state index in [9.17, 15) is 4.39 Å². The van der Waals surface area contributed by atoms with Crippen molar-refractivity contribution in [2.75, 3.05) is 13.7 Å². The maximum Gasteiger partial charge on any atom is 0.163 e. The molecule has 1 saturated heterocycles. The van der Waals surface area contributed by atoms with Crippen LogP contribution in [0.25, 0.3) is 0 Å². The highest BCUT2D eigenvalue weighted by atomic mass is 19.1. The Morgan fingerprint density at radius 3 is 2.63 bits per heavy atom. The first-order valence-corrected chi connectivity index (χ1v) is 6.89. The van der Waals surface area contributed by atoms with E-state index >= 15 is 0 Å². The van der Waals surface area contributed by atoms with Gasteiger partial charge < -0.3 is 14.8 Å². The SMILES string of the molecule is COc1cc(F)c(C2CCCCN2)cc1OC(C)C. The molecule has 1 aliphatic rings. The lowest BCUT2D eigenvalue weighted by Crippen LogP contribution is -2.27. The number of benzene rings is 1. The van der Waals surface area contributed by atoms with Crippen molar-refractivity contribution < 1.29 is 13.9 Å². The average molecular weight is 267 g/mol. The Bertz CT molecular complexity index is 428. The molecule has 1 N–H and O–H groups in total. The van der Waals surface area contributed by atoms with Gasteiger partial charge in [-0.2, -0.15) is 0 Å². The second kappa shape index (κ2) is 6.24. The van der Waals surface area contributed by atoms with Crippen molar-refractivity contribution in [1.29, 1.82) is 0 Å².